The first-order valence-corrected chi connectivity index (χ1v) is 4.66. The SMILES string of the molecule is CO[C@H]1CN2C(=O)CC[C@]2(CO)C1. The number of ether oxygens (including phenoxy) is 1. The van der Waals surface area contributed by atoms with Crippen LogP contribution in [0, 0.1) is 0 Å². The lowest BCUT2D eigenvalue weighted by atomic mass is 9.94. The summed E-state index contributed by atoms with van der Waals surface area (Å²) in [4.78, 5) is 13.2. The Morgan fingerprint density at radius 3 is 3.08 bits per heavy atom. The molecule has 0 radical (unpaired) electrons. The molecular weight excluding hydrogens is 170 g/mol. The third-order valence-electron chi connectivity index (χ3n) is 3.30. The van der Waals surface area contributed by atoms with Crippen LogP contribution in [0.3, 0.4) is 0 Å². The summed E-state index contributed by atoms with van der Waals surface area (Å²) >= 11 is 0. The molecule has 4 heteroatoms. The molecule has 0 unspecified atom stereocenters. The van der Waals surface area contributed by atoms with Gasteiger partial charge in [0, 0.05) is 26.5 Å². The maximum Gasteiger partial charge on any atom is 0.223 e. The molecular formula is C9H15NO3. The van der Waals surface area contributed by atoms with Crippen LogP contribution < -0.4 is 0 Å². The zero-order valence-corrected chi connectivity index (χ0v) is 7.82. The highest BCUT2D eigenvalue weighted by molar-refractivity contribution is 5.80. The largest absolute Gasteiger partial charge is 0.394 e. The van der Waals surface area contributed by atoms with Gasteiger partial charge in [-0.15, -0.1) is 0 Å². The normalized spacial score (nSPS) is 38.5. The molecule has 1 amide bonds. The number of methoxy groups -OCH3 is 1. The molecule has 2 atom stereocenters. The first-order chi connectivity index (χ1) is 6.22. The highest BCUT2D eigenvalue weighted by atomic mass is 16.5. The fourth-order valence-corrected chi connectivity index (χ4v) is 2.46. The van der Waals surface area contributed by atoms with E-state index in [0.717, 1.165) is 12.8 Å². The zero-order valence-electron chi connectivity index (χ0n) is 7.82. The molecule has 0 spiro atoms. The van der Waals surface area contributed by atoms with Gasteiger partial charge in [-0.3, -0.25) is 4.79 Å². The van der Waals surface area contributed by atoms with Crippen molar-refractivity contribution < 1.29 is 14.6 Å². The van der Waals surface area contributed by atoms with Gasteiger partial charge in [-0.2, -0.15) is 0 Å². The van der Waals surface area contributed by atoms with Crippen LogP contribution in [0.2, 0.25) is 0 Å². The third-order valence-corrected chi connectivity index (χ3v) is 3.30. The lowest BCUT2D eigenvalue weighted by molar-refractivity contribution is -0.130. The van der Waals surface area contributed by atoms with Gasteiger partial charge in [-0.05, 0) is 6.42 Å². The van der Waals surface area contributed by atoms with Crippen molar-refractivity contribution in [2.45, 2.75) is 30.9 Å². The van der Waals surface area contributed by atoms with Crippen molar-refractivity contribution in [2.75, 3.05) is 20.3 Å². The summed E-state index contributed by atoms with van der Waals surface area (Å²) in [5, 5.41) is 9.31. The fourth-order valence-electron chi connectivity index (χ4n) is 2.46. The molecule has 0 aromatic heterocycles. The van der Waals surface area contributed by atoms with E-state index in [1.54, 1.807) is 12.0 Å². The van der Waals surface area contributed by atoms with Crippen molar-refractivity contribution >= 4 is 5.91 Å². The molecule has 74 valence electrons. The number of aliphatic hydroxyl groups excluding tert-OH is 1. The summed E-state index contributed by atoms with van der Waals surface area (Å²) in [6, 6.07) is 0. The topological polar surface area (TPSA) is 49.8 Å². The first-order valence-electron chi connectivity index (χ1n) is 4.66. The molecule has 2 fully saturated rings. The summed E-state index contributed by atoms with van der Waals surface area (Å²) in [5.41, 5.74) is -0.294. The van der Waals surface area contributed by atoms with Crippen molar-refractivity contribution in [2.24, 2.45) is 0 Å². The van der Waals surface area contributed by atoms with Crippen LogP contribution in [0.25, 0.3) is 0 Å². The monoisotopic (exact) mass is 185 g/mol. The Hall–Kier alpha value is -0.610. The molecule has 0 saturated carbocycles. The predicted molar refractivity (Wildman–Crippen MR) is 46.2 cm³/mol. The number of amides is 1. The number of aliphatic hydroxyl groups is 1. The number of rotatable bonds is 2. The molecule has 0 aliphatic carbocycles. The van der Waals surface area contributed by atoms with Gasteiger partial charge in [0.1, 0.15) is 0 Å². The summed E-state index contributed by atoms with van der Waals surface area (Å²) in [7, 11) is 1.66. The molecule has 2 aliphatic rings. The number of nitrogens with zero attached hydrogens (tertiary/aromatic N) is 1. The standard InChI is InChI=1S/C9H15NO3/c1-13-7-4-9(6-11)3-2-8(12)10(9)5-7/h7,11H,2-6H2,1H3/t7-,9-/m1/s1. The van der Waals surface area contributed by atoms with Crippen LogP contribution in [0.1, 0.15) is 19.3 Å². The summed E-state index contributed by atoms with van der Waals surface area (Å²) < 4.78 is 5.22. The molecule has 13 heavy (non-hydrogen) atoms. The van der Waals surface area contributed by atoms with Gasteiger partial charge in [0.15, 0.2) is 0 Å². The second-order valence-corrected chi connectivity index (χ2v) is 3.95. The van der Waals surface area contributed by atoms with E-state index in [-0.39, 0.29) is 24.2 Å². The van der Waals surface area contributed by atoms with Gasteiger partial charge in [-0.1, -0.05) is 0 Å². The van der Waals surface area contributed by atoms with Crippen molar-refractivity contribution in [1.82, 2.24) is 4.90 Å². The van der Waals surface area contributed by atoms with Gasteiger partial charge in [0.05, 0.1) is 18.2 Å². The third kappa shape index (κ3) is 1.16. The second kappa shape index (κ2) is 2.96. The van der Waals surface area contributed by atoms with Gasteiger partial charge >= 0.3 is 0 Å². The Labute approximate surface area is 77.5 Å². The summed E-state index contributed by atoms with van der Waals surface area (Å²) in [6.07, 6.45) is 2.25. The lowest BCUT2D eigenvalue weighted by Crippen LogP contribution is -2.43. The van der Waals surface area contributed by atoms with Crippen LogP contribution in [0.15, 0.2) is 0 Å². The first kappa shape index (κ1) is 8.97. The molecule has 0 bridgehead atoms. The second-order valence-electron chi connectivity index (χ2n) is 3.95. The van der Waals surface area contributed by atoms with Crippen LogP contribution in [0.5, 0.6) is 0 Å². The molecule has 0 aromatic carbocycles. The average molecular weight is 185 g/mol. The minimum absolute atomic E-state index is 0.0681. The van der Waals surface area contributed by atoms with Crippen LogP contribution in [0.4, 0.5) is 0 Å². The maximum atomic E-state index is 11.4. The highest BCUT2D eigenvalue weighted by Gasteiger charge is 2.51. The maximum absolute atomic E-state index is 11.4. The zero-order chi connectivity index (χ0) is 9.47. The van der Waals surface area contributed by atoms with Gasteiger partial charge < -0.3 is 14.7 Å². The van der Waals surface area contributed by atoms with E-state index in [0.29, 0.717) is 13.0 Å². The Morgan fingerprint density at radius 1 is 1.77 bits per heavy atom. The number of hydrogen-bond donors (Lipinski definition) is 1. The molecule has 0 aromatic rings. The number of hydrogen-bond acceptors (Lipinski definition) is 3. The Morgan fingerprint density at radius 2 is 2.54 bits per heavy atom. The minimum atomic E-state index is -0.294. The van der Waals surface area contributed by atoms with E-state index < -0.39 is 0 Å². The van der Waals surface area contributed by atoms with Crippen LogP contribution in [-0.2, 0) is 9.53 Å². The van der Waals surface area contributed by atoms with E-state index in [4.69, 9.17) is 4.74 Å². The smallest absolute Gasteiger partial charge is 0.223 e. The quantitative estimate of drug-likeness (QED) is 0.646. The molecule has 4 nitrogen and oxygen atoms in total. The van der Waals surface area contributed by atoms with Gasteiger partial charge in [0.25, 0.3) is 0 Å². The van der Waals surface area contributed by atoms with Crippen molar-refractivity contribution in [3.8, 4) is 0 Å². The molecule has 2 aliphatic heterocycles. The van der Waals surface area contributed by atoms with Crippen molar-refractivity contribution in [1.29, 1.82) is 0 Å². The van der Waals surface area contributed by atoms with E-state index in [2.05, 4.69) is 0 Å². The van der Waals surface area contributed by atoms with Crippen LogP contribution >= 0.6 is 0 Å². The van der Waals surface area contributed by atoms with E-state index in [1.165, 1.54) is 0 Å². The van der Waals surface area contributed by atoms with Gasteiger partial charge in [-0.25, -0.2) is 0 Å². The molecule has 2 heterocycles. The van der Waals surface area contributed by atoms with Crippen molar-refractivity contribution in [3.63, 3.8) is 0 Å². The predicted octanol–water partition coefficient (Wildman–Crippen LogP) is -0.241. The van der Waals surface area contributed by atoms with Crippen LogP contribution in [-0.4, -0.2) is 47.8 Å². The lowest BCUT2D eigenvalue weighted by Gasteiger charge is -2.28. The molecule has 2 saturated heterocycles. The van der Waals surface area contributed by atoms with E-state index >= 15 is 0 Å². The summed E-state index contributed by atoms with van der Waals surface area (Å²) in [6.45, 7) is 0.717. The van der Waals surface area contributed by atoms with E-state index in [9.17, 15) is 9.90 Å². The number of carbonyl (C=O) groups excluding carboxylic acids is 1. The number of fused-ring (bicyclic) bond motifs is 1. The Bertz CT molecular complexity index is 231. The highest BCUT2D eigenvalue weighted by Crippen LogP contribution is 2.39. The molecule has 2 rings (SSSR count). The van der Waals surface area contributed by atoms with Crippen molar-refractivity contribution in [3.05, 3.63) is 0 Å². The Balaban J connectivity index is 2.19. The minimum Gasteiger partial charge on any atom is -0.394 e. The average Bonchev–Trinajstić information content (AvgIpc) is 2.65. The molecule has 1 N–H and O–H groups in total. The van der Waals surface area contributed by atoms with E-state index in [1.807, 2.05) is 0 Å². The summed E-state index contributed by atoms with van der Waals surface area (Å²) in [5.74, 6) is 0.161. The van der Waals surface area contributed by atoms with Gasteiger partial charge in [0.2, 0.25) is 5.91 Å². The fraction of sp³-hybridized carbons (Fsp3) is 0.889. The number of carbonyl (C=O) groups is 1. The Kier molecular flexibility index (Phi) is 2.04.